The van der Waals surface area contributed by atoms with Crippen LogP contribution in [0, 0.1) is 29.1 Å². The van der Waals surface area contributed by atoms with E-state index in [1.807, 2.05) is 0 Å². The molecule has 1 amide bonds. The zero-order valence-corrected chi connectivity index (χ0v) is 13.4. The molecule has 0 saturated heterocycles. The predicted octanol–water partition coefficient (Wildman–Crippen LogP) is 3.97. The number of nitrogens with one attached hydrogen (secondary N) is 1. The van der Waals surface area contributed by atoms with Gasteiger partial charge in [-0.1, -0.05) is 6.92 Å². The van der Waals surface area contributed by atoms with Crippen LogP contribution in [0.1, 0.15) is 58.3 Å². The second-order valence-corrected chi connectivity index (χ2v) is 8.36. The van der Waals surface area contributed by atoms with E-state index in [0.717, 1.165) is 37.1 Å². The van der Waals surface area contributed by atoms with Gasteiger partial charge >= 0.3 is 0 Å². The van der Waals surface area contributed by atoms with Crippen molar-refractivity contribution in [3.63, 3.8) is 0 Å². The van der Waals surface area contributed by atoms with Crippen molar-refractivity contribution in [1.82, 2.24) is 5.32 Å². The standard InChI is InChI=1S/C17H28ClNO/c1-12(2-3-18)11-19-16(20)10-17-7-13-4-14(8-17)6-15(5-13)9-17/h12-15H,2-11H2,1H3,(H,19,20). The highest BCUT2D eigenvalue weighted by Crippen LogP contribution is 2.61. The van der Waals surface area contributed by atoms with Gasteiger partial charge in [-0.3, -0.25) is 4.79 Å². The monoisotopic (exact) mass is 297 g/mol. The lowest BCUT2D eigenvalue weighted by Gasteiger charge is -2.56. The second-order valence-electron chi connectivity index (χ2n) is 7.98. The molecular weight excluding hydrogens is 270 g/mol. The van der Waals surface area contributed by atoms with E-state index >= 15 is 0 Å². The lowest BCUT2D eigenvalue weighted by atomic mass is 9.49. The number of alkyl halides is 1. The summed E-state index contributed by atoms with van der Waals surface area (Å²) in [5, 5.41) is 3.14. The van der Waals surface area contributed by atoms with Gasteiger partial charge in [0.2, 0.25) is 5.91 Å². The quantitative estimate of drug-likeness (QED) is 0.738. The van der Waals surface area contributed by atoms with Gasteiger partial charge < -0.3 is 5.32 Å². The first-order valence-corrected chi connectivity index (χ1v) is 8.95. The van der Waals surface area contributed by atoms with Gasteiger partial charge in [-0.25, -0.2) is 0 Å². The summed E-state index contributed by atoms with van der Waals surface area (Å²) in [5.74, 6) is 4.27. The van der Waals surface area contributed by atoms with Gasteiger partial charge in [-0.2, -0.15) is 0 Å². The average Bonchev–Trinajstić information content (AvgIpc) is 2.34. The third-order valence-electron chi connectivity index (χ3n) is 5.95. The Labute approximate surface area is 128 Å². The minimum Gasteiger partial charge on any atom is -0.356 e. The summed E-state index contributed by atoms with van der Waals surface area (Å²) in [4.78, 5) is 12.3. The normalized spacial score (nSPS) is 39.8. The molecule has 4 aliphatic rings. The van der Waals surface area contributed by atoms with E-state index in [9.17, 15) is 4.79 Å². The van der Waals surface area contributed by atoms with Crippen LogP contribution in [-0.4, -0.2) is 18.3 Å². The Bertz CT molecular complexity index is 333. The van der Waals surface area contributed by atoms with Gasteiger partial charge in [0, 0.05) is 18.8 Å². The molecule has 1 N–H and O–H groups in total. The van der Waals surface area contributed by atoms with E-state index in [-0.39, 0.29) is 5.91 Å². The third kappa shape index (κ3) is 3.16. The molecule has 2 nitrogen and oxygen atoms in total. The number of hydrogen-bond donors (Lipinski definition) is 1. The molecule has 4 fully saturated rings. The van der Waals surface area contributed by atoms with Crippen molar-refractivity contribution >= 4 is 17.5 Å². The predicted molar refractivity (Wildman–Crippen MR) is 82.7 cm³/mol. The van der Waals surface area contributed by atoms with Gasteiger partial charge in [0.15, 0.2) is 0 Å². The van der Waals surface area contributed by atoms with Crippen LogP contribution < -0.4 is 5.32 Å². The van der Waals surface area contributed by atoms with Gasteiger partial charge in [0.05, 0.1) is 0 Å². The first-order chi connectivity index (χ1) is 9.58. The van der Waals surface area contributed by atoms with Crippen LogP contribution in [0.4, 0.5) is 0 Å². The van der Waals surface area contributed by atoms with Crippen molar-refractivity contribution in [3.05, 3.63) is 0 Å². The highest BCUT2D eigenvalue weighted by molar-refractivity contribution is 6.17. The van der Waals surface area contributed by atoms with E-state index in [2.05, 4.69) is 12.2 Å². The number of rotatable bonds is 6. The molecule has 3 heteroatoms. The van der Waals surface area contributed by atoms with E-state index in [1.54, 1.807) is 0 Å². The van der Waals surface area contributed by atoms with Crippen LogP contribution in [0.5, 0.6) is 0 Å². The van der Waals surface area contributed by atoms with Crippen LogP contribution in [0.2, 0.25) is 0 Å². The Balaban J connectivity index is 1.51. The average molecular weight is 298 g/mol. The van der Waals surface area contributed by atoms with Gasteiger partial charge in [0.25, 0.3) is 0 Å². The highest BCUT2D eigenvalue weighted by atomic mass is 35.5. The Morgan fingerprint density at radius 3 is 2.25 bits per heavy atom. The lowest BCUT2D eigenvalue weighted by molar-refractivity contribution is -0.129. The fraction of sp³-hybridized carbons (Fsp3) is 0.941. The zero-order chi connectivity index (χ0) is 14.2. The van der Waals surface area contributed by atoms with Gasteiger partial charge in [-0.05, 0) is 74.0 Å². The van der Waals surface area contributed by atoms with E-state index < -0.39 is 0 Å². The lowest BCUT2D eigenvalue weighted by Crippen LogP contribution is -2.48. The molecule has 4 saturated carbocycles. The second kappa shape index (κ2) is 5.87. The van der Waals surface area contributed by atoms with Crippen LogP contribution >= 0.6 is 11.6 Å². The molecule has 4 aliphatic carbocycles. The summed E-state index contributed by atoms with van der Waals surface area (Å²) < 4.78 is 0. The molecule has 1 unspecified atom stereocenters. The first kappa shape index (κ1) is 14.7. The molecule has 0 spiro atoms. The summed E-state index contributed by atoms with van der Waals surface area (Å²) in [5.41, 5.74) is 0.370. The maximum absolute atomic E-state index is 12.3. The molecule has 0 heterocycles. The van der Waals surface area contributed by atoms with E-state index in [4.69, 9.17) is 11.6 Å². The topological polar surface area (TPSA) is 29.1 Å². The molecule has 0 aromatic heterocycles. The molecule has 114 valence electrons. The Hall–Kier alpha value is -0.240. The first-order valence-electron chi connectivity index (χ1n) is 8.41. The molecule has 4 rings (SSSR count). The summed E-state index contributed by atoms with van der Waals surface area (Å²) in [6.07, 6.45) is 10.1. The SMILES string of the molecule is CC(CCCl)CNC(=O)CC12CC3CC(CC(C3)C1)C2. The summed E-state index contributed by atoms with van der Waals surface area (Å²) in [6, 6.07) is 0. The van der Waals surface area contributed by atoms with E-state index in [1.165, 1.54) is 38.5 Å². The smallest absolute Gasteiger partial charge is 0.220 e. The van der Waals surface area contributed by atoms with Crippen molar-refractivity contribution < 1.29 is 4.79 Å². The number of amides is 1. The Kier molecular flexibility index (Phi) is 4.31. The molecule has 20 heavy (non-hydrogen) atoms. The Morgan fingerprint density at radius 2 is 1.75 bits per heavy atom. The minimum atomic E-state index is 0.286. The van der Waals surface area contributed by atoms with Crippen LogP contribution in [0.15, 0.2) is 0 Å². The van der Waals surface area contributed by atoms with Crippen molar-refractivity contribution in [1.29, 1.82) is 0 Å². The number of halogens is 1. The Morgan fingerprint density at radius 1 is 1.20 bits per heavy atom. The number of hydrogen-bond acceptors (Lipinski definition) is 1. The number of carbonyl (C=O) groups excluding carboxylic acids is 1. The number of carbonyl (C=O) groups is 1. The van der Waals surface area contributed by atoms with Crippen molar-refractivity contribution in [2.75, 3.05) is 12.4 Å². The van der Waals surface area contributed by atoms with Crippen LogP contribution in [-0.2, 0) is 4.79 Å². The highest BCUT2D eigenvalue weighted by Gasteiger charge is 2.51. The molecule has 1 atom stereocenters. The molecule has 0 aliphatic heterocycles. The van der Waals surface area contributed by atoms with Crippen molar-refractivity contribution in [2.45, 2.75) is 58.3 Å². The summed E-state index contributed by atoms with van der Waals surface area (Å²) >= 11 is 5.74. The summed E-state index contributed by atoms with van der Waals surface area (Å²) in [6.45, 7) is 2.95. The van der Waals surface area contributed by atoms with Crippen LogP contribution in [0.25, 0.3) is 0 Å². The molecule has 0 aromatic carbocycles. The fourth-order valence-electron chi connectivity index (χ4n) is 5.49. The maximum atomic E-state index is 12.3. The minimum absolute atomic E-state index is 0.286. The maximum Gasteiger partial charge on any atom is 0.220 e. The largest absolute Gasteiger partial charge is 0.356 e. The third-order valence-corrected chi connectivity index (χ3v) is 6.17. The van der Waals surface area contributed by atoms with E-state index in [0.29, 0.717) is 17.2 Å². The van der Waals surface area contributed by atoms with Gasteiger partial charge in [0.1, 0.15) is 0 Å². The molecule has 4 bridgehead atoms. The molecule has 0 radical (unpaired) electrons. The van der Waals surface area contributed by atoms with Crippen LogP contribution in [0.3, 0.4) is 0 Å². The van der Waals surface area contributed by atoms with Crippen molar-refractivity contribution in [2.24, 2.45) is 29.1 Å². The fourth-order valence-corrected chi connectivity index (χ4v) is 5.86. The summed E-state index contributed by atoms with van der Waals surface area (Å²) in [7, 11) is 0. The molecular formula is C17H28ClNO. The van der Waals surface area contributed by atoms with Gasteiger partial charge in [-0.15, -0.1) is 11.6 Å². The van der Waals surface area contributed by atoms with Crippen molar-refractivity contribution in [3.8, 4) is 0 Å². The zero-order valence-electron chi connectivity index (χ0n) is 12.7. The molecule has 0 aromatic rings.